The van der Waals surface area contributed by atoms with Crippen LogP contribution in [0.1, 0.15) is 21.9 Å². The molecule has 30 heavy (non-hydrogen) atoms. The highest BCUT2D eigenvalue weighted by Gasteiger charge is 2.12. The van der Waals surface area contributed by atoms with E-state index in [4.69, 9.17) is 4.42 Å². The Kier molecular flexibility index (Phi) is 5.70. The third-order valence-corrected chi connectivity index (χ3v) is 4.29. The third-order valence-electron chi connectivity index (χ3n) is 4.29. The molecule has 0 atom stereocenters. The zero-order valence-corrected chi connectivity index (χ0v) is 16.1. The Hall–Kier alpha value is -4.14. The summed E-state index contributed by atoms with van der Waals surface area (Å²) in [7, 11) is 0. The molecule has 9 nitrogen and oxygen atoms in total. The van der Waals surface area contributed by atoms with Crippen LogP contribution in [0, 0.1) is 0 Å². The van der Waals surface area contributed by atoms with Gasteiger partial charge in [-0.15, -0.1) is 0 Å². The number of rotatable bonds is 8. The van der Waals surface area contributed by atoms with Crippen molar-refractivity contribution in [3.63, 3.8) is 0 Å². The van der Waals surface area contributed by atoms with Crippen molar-refractivity contribution in [3.8, 4) is 0 Å². The van der Waals surface area contributed by atoms with Gasteiger partial charge in [0.15, 0.2) is 5.76 Å². The molecule has 3 aromatic heterocycles. The molecule has 2 amide bonds. The van der Waals surface area contributed by atoms with E-state index in [0.717, 1.165) is 5.56 Å². The van der Waals surface area contributed by atoms with Crippen molar-refractivity contribution in [2.24, 2.45) is 0 Å². The molecule has 0 spiro atoms. The normalized spacial score (nSPS) is 10.7. The van der Waals surface area contributed by atoms with Crippen molar-refractivity contribution in [1.29, 1.82) is 0 Å². The molecule has 2 N–H and O–H groups in total. The van der Waals surface area contributed by atoms with Gasteiger partial charge in [-0.3, -0.25) is 19.0 Å². The molecule has 0 aliphatic rings. The number of hydrogen-bond donors (Lipinski definition) is 2. The van der Waals surface area contributed by atoms with Gasteiger partial charge in [-0.25, -0.2) is 0 Å². The van der Waals surface area contributed by atoms with Crippen LogP contribution in [0.2, 0.25) is 0 Å². The molecule has 0 bridgehead atoms. The van der Waals surface area contributed by atoms with Crippen molar-refractivity contribution in [3.05, 3.63) is 90.4 Å². The number of aromatic nitrogens is 4. The van der Waals surface area contributed by atoms with Crippen LogP contribution in [0.15, 0.2) is 77.7 Å². The first-order valence-electron chi connectivity index (χ1n) is 9.36. The zero-order chi connectivity index (χ0) is 20.8. The standard InChI is InChI=1S/C21H20N6O3/c28-20(15-27-11-3-9-24-27)25-17-5-1-4-16(12-17)13-22-21(29)19-7-6-18(30-19)14-26-10-2-8-23-26/h1-12H,13-15H2,(H,22,29)(H,25,28). The van der Waals surface area contributed by atoms with E-state index in [1.54, 1.807) is 52.2 Å². The van der Waals surface area contributed by atoms with E-state index in [1.807, 2.05) is 30.5 Å². The fourth-order valence-corrected chi connectivity index (χ4v) is 2.91. The first-order valence-corrected chi connectivity index (χ1v) is 9.36. The first kappa shape index (κ1) is 19.2. The molecule has 0 radical (unpaired) electrons. The van der Waals surface area contributed by atoms with Crippen LogP contribution < -0.4 is 10.6 Å². The summed E-state index contributed by atoms with van der Waals surface area (Å²) in [5, 5.41) is 13.8. The molecule has 0 unspecified atom stereocenters. The molecule has 0 aliphatic heterocycles. The molecule has 0 saturated heterocycles. The van der Waals surface area contributed by atoms with Gasteiger partial charge in [-0.05, 0) is 42.0 Å². The monoisotopic (exact) mass is 404 g/mol. The molecule has 4 aromatic rings. The minimum atomic E-state index is -0.310. The van der Waals surface area contributed by atoms with E-state index in [-0.39, 0.29) is 24.1 Å². The highest BCUT2D eigenvalue weighted by atomic mass is 16.4. The number of amides is 2. The van der Waals surface area contributed by atoms with Gasteiger partial charge in [-0.2, -0.15) is 10.2 Å². The summed E-state index contributed by atoms with van der Waals surface area (Å²) in [5.74, 6) is 0.390. The average Bonchev–Trinajstić information content (AvgIpc) is 3.50. The topological polar surface area (TPSA) is 107 Å². The predicted octanol–water partition coefficient (Wildman–Crippen LogP) is 2.29. The van der Waals surface area contributed by atoms with Crippen molar-refractivity contribution in [2.45, 2.75) is 19.6 Å². The van der Waals surface area contributed by atoms with Crippen LogP contribution in [-0.2, 0) is 24.4 Å². The summed E-state index contributed by atoms with van der Waals surface area (Å²) >= 11 is 0. The SMILES string of the molecule is O=C(Cn1cccn1)Nc1cccc(CNC(=O)c2ccc(Cn3cccn3)o2)c1. The Labute approximate surface area is 172 Å². The first-order chi connectivity index (χ1) is 14.7. The van der Waals surface area contributed by atoms with Crippen LogP contribution >= 0.6 is 0 Å². The Morgan fingerprint density at radius 2 is 1.77 bits per heavy atom. The van der Waals surface area contributed by atoms with Crippen molar-refractivity contribution in [1.82, 2.24) is 24.9 Å². The molecule has 4 rings (SSSR count). The van der Waals surface area contributed by atoms with Gasteiger partial charge in [0.05, 0.1) is 6.54 Å². The van der Waals surface area contributed by atoms with Crippen LogP contribution in [0.25, 0.3) is 0 Å². The third kappa shape index (κ3) is 5.02. The largest absolute Gasteiger partial charge is 0.454 e. The van der Waals surface area contributed by atoms with Gasteiger partial charge in [0.25, 0.3) is 5.91 Å². The van der Waals surface area contributed by atoms with Crippen LogP contribution in [0.3, 0.4) is 0 Å². The Balaban J connectivity index is 1.30. The lowest BCUT2D eigenvalue weighted by Crippen LogP contribution is -2.22. The summed E-state index contributed by atoms with van der Waals surface area (Å²) in [4.78, 5) is 24.5. The quantitative estimate of drug-likeness (QED) is 0.469. The van der Waals surface area contributed by atoms with Crippen molar-refractivity contribution in [2.75, 3.05) is 5.32 Å². The molecular weight excluding hydrogens is 384 g/mol. The lowest BCUT2D eigenvalue weighted by Gasteiger charge is -2.08. The molecule has 0 saturated carbocycles. The van der Waals surface area contributed by atoms with Gasteiger partial charge in [-0.1, -0.05) is 12.1 Å². The lowest BCUT2D eigenvalue weighted by molar-refractivity contribution is -0.116. The number of carbonyl (C=O) groups excluding carboxylic acids is 2. The highest BCUT2D eigenvalue weighted by molar-refractivity contribution is 5.92. The number of carbonyl (C=O) groups is 2. The maximum absolute atomic E-state index is 12.4. The lowest BCUT2D eigenvalue weighted by atomic mass is 10.2. The highest BCUT2D eigenvalue weighted by Crippen LogP contribution is 2.12. The Morgan fingerprint density at radius 3 is 2.53 bits per heavy atom. The van der Waals surface area contributed by atoms with Crippen LogP contribution in [0.4, 0.5) is 5.69 Å². The summed E-state index contributed by atoms with van der Waals surface area (Å²) in [6.45, 7) is 0.894. The molecule has 0 fully saturated rings. The van der Waals surface area contributed by atoms with Crippen molar-refractivity contribution >= 4 is 17.5 Å². The van der Waals surface area contributed by atoms with E-state index >= 15 is 0 Å². The van der Waals surface area contributed by atoms with Crippen LogP contribution in [-0.4, -0.2) is 31.4 Å². The van der Waals surface area contributed by atoms with E-state index in [9.17, 15) is 9.59 Å². The van der Waals surface area contributed by atoms with E-state index in [0.29, 0.717) is 24.5 Å². The molecule has 1 aromatic carbocycles. The second-order valence-electron chi connectivity index (χ2n) is 6.60. The zero-order valence-electron chi connectivity index (χ0n) is 16.1. The minimum absolute atomic E-state index is 0.132. The summed E-state index contributed by atoms with van der Waals surface area (Å²) in [6.07, 6.45) is 6.85. The van der Waals surface area contributed by atoms with E-state index in [1.165, 1.54) is 0 Å². The van der Waals surface area contributed by atoms with Gasteiger partial charge in [0, 0.05) is 37.0 Å². The molecule has 0 aliphatic carbocycles. The van der Waals surface area contributed by atoms with Crippen LogP contribution in [0.5, 0.6) is 0 Å². The van der Waals surface area contributed by atoms with E-state index in [2.05, 4.69) is 20.8 Å². The number of furan rings is 1. The number of anilines is 1. The average molecular weight is 404 g/mol. The van der Waals surface area contributed by atoms with Gasteiger partial charge in [0.2, 0.25) is 5.91 Å². The number of benzene rings is 1. The maximum atomic E-state index is 12.4. The minimum Gasteiger partial charge on any atom is -0.454 e. The fourth-order valence-electron chi connectivity index (χ4n) is 2.91. The summed E-state index contributed by atoms with van der Waals surface area (Å²) in [6, 6.07) is 14.3. The molecular formula is C21H20N6O3. The molecule has 9 heteroatoms. The predicted molar refractivity (Wildman–Crippen MR) is 109 cm³/mol. The Morgan fingerprint density at radius 1 is 0.967 bits per heavy atom. The maximum Gasteiger partial charge on any atom is 0.287 e. The fraction of sp³-hybridized carbons (Fsp3) is 0.143. The van der Waals surface area contributed by atoms with E-state index < -0.39 is 0 Å². The second-order valence-corrected chi connectivity index (χ2v) is 6.60. The van der Waals surface area contributed by atoms with Gasteiger partial charge in [0.1, 0.15) is 12.3 Å². The number of nitrogens with one attached hydrogen (secondary N) is 2. The molecule has 152 valence electrons. The summed E-state index contributed by atoms with van der Waals surface area (Å²) in [5.41, 5.74) is 1.50. The Bertz CT molecular complexity index is 1120. The smallest absolute Gasteiger partial charge is 0.287 e. The number of hydrogen-bond acceptors (Lipinski definition) is 5. The second kappa shape index (κ2) is 8.91. The van der Waals surface area contributed by atoms with Gasteiger partial charge < -0.3 is 15.1 Å². The van der Waals surface area contributed by atoms with Gasteiger partial charge >= 0.3 is 0 Å². The van der Waals surface area contributed by atoms with Crippen molar-refractivity contribution < 1.29 is 14.0 Å². The summed E-state index contributed by atoms with van der Waals surface area (Å²) < 4.78 is 8.86. The molecule has 3 heterocycles. The number of nitrogens with zero attached hydrogens (tertiary/aromatic N) is 4.